The number of rotatable bonds is 22. The Labute approximate surface area is 182 Å². The summed E-state index contributed by atoms with van der Waals surface area (Å²) in [7, 11) is -3.94. The maximum Gasteiger partial charge on any atom is 0.267 e. The topological polar surface area (TPSA) is 74.6 Å². The van der Waals surface area contributed by atoms with Crippen molar-refractivity contribution in [2.75, 3.05) is 0 Å². The summed E-state index contributed by atoms with van der Waals surface area (Å²) in [4.78, 5) is 0. The fourth-order valence-electron chi connectivity index (χ4n) is 4.04. The van der Waals surface area contributed by atoms with Crippen LogP contribution in [0.15, 0.2) is 0 Å². The lowest BCUT2D eigenvalue weighted by Crippen LogP contribution is -2.20. The van der Waals surface area contributed by atoms with Crippen LogP contribution >= 0.6 is 0 Å². The average Bonchev–Trinajstić information content (AvgIpc) is 2.67. The third kappa shape index (κ3) is 19.6. The lowest BCUT2D eigenvalue weighted by atomic mass is 10.0. The molecule has 0 saturated heterocycles. The summed E-state index contributed by atoms with van der Waals surface area (Å²) < 4.78 is 31.4. The van der Waals surface area contributed by atoms with E-state index in [0.717, 1.165) is 12.8 Å². The highest BCUT2D eigenvalue weighted by atomic mass is 32.2. The molecule has 0 bridgehead atoms. The molecule has 2 unspecified atom stereocenters. The average molecular weight is 435 g/mol. The Morgan fingerprint density at radius 3 is 1.34 bits per heavy atom. The smallest absolute Gasteiger partial charge is 0.267 e. The van der Waals surface area contributed by atoms with E-state index in [9.17, 15) is 13.5 Å². The second kappa shape index (κ2) is 19.8. The van der Waals surface area contributed by atoms with Crippen molar-refractivity contribution in [1.29, 1.82) is 0 Å². The number of hydrogen-bond acceptors (Lipinski definition) is 3. The summed E-state index contributed by atoms with van der Waals surface area (Å²) in [6, 6.07) is 0. The van der Waals surface area contributed by atoms with Gasteiger partial charge in [0, 0.05) is 0 Å². The molecule has 29 heavy (non-hydrogen) atoms. The molecule has 0 fully saturated rings. The molecule has 0 amide bonds. The van der Waals surface area contributed by atoms with E-state index in [1.165, 1.54) is 89.9 Å². The quantitative estimate of drug-likeness (QED) is 0.137. The van der Waals surface area contributed by atoms with Gasteiger partial charge in [0.25, 0.3) is 10.1 Å². The molecule has 176 valence electrons. The second-order valence-corrected chi connectivity index (χ2v) is 10.6. The zero-order valence-electron chi connectivity index (χ0n) is 19.4. The lowest BCUT2D eigenvalue weighted by molar-refractivity contribution is 0.147. The minimum atomic E-state index is -3.94. The summed E-state index contributed by atoms with van der Waals surface area (Å²) in [5, 5.41) is 9.35. The van der Waals surface area contributed by atoms with Gasteiger partial charge in [-0.2, -0.15) is 8.42 Å². The van der Waals surface area contributed by atoms with Gasteiger partial charge in [-0.25, -0.2) is 0 Å². The lowest BCUT2D eigenvalue weighted by Gasteiger charge is -2.14. The molecule has 0 aromatic rings. The SMILES string of the molecule is CCCCCCCCCCCCCCCCCC(O)CCCC(CC)S(=O)(=O)O. The van der Waals surface area contributed by atoms with Gasteiger partial charge in [0.2, 0.25) is 0 Å². The summed E-state index contributed by atoms with van der Waals surface area (Å²) >= 11 is 0. The van der Waals surface area contributed by atoms with Crippen LogP contribution in [-0.4, -0.2) is 29.4 Å². The molecule has 2 N–H and O–H groups in total. The van der Waals surface area contributed by atoms with E-state index in [1.807, 2.05) is 0 Å². The molecular weight excluding hydrogens is 384 g/mol. The first kappa shape index (κ1) is 28.9. The standard InChI is InChI=1S/C24H50O4S/c1-3-5-6-7-8-9-10-11-12-13-14-15-16-17-18-20-23(25)21-19-22-24(4-2)29(26,27)28/h23-25H,3-22H2,1-2H3,(H,26,27,28). The van der Waals surface area contributed by atoms with E-state index in [4.69, 9.17) is 4.55 Å². The van der Waals surface area contributed by atoms with E-state index in [-0.39, 0.29) is 6.10 Å². The van der Waals surface area contributed by atoms with Crippen molar-refractivity contribution in [2.24, 2.45) is 0 Å². The van der Waals surface area contributed by atoms with E-state index in [2.05, 4.69) is 6.92 Å². The van der Waals surface area contributed by atoms with Gasteiger partial charge in [-0.05, 0) is 32.1 Å². The van der Waals surface area contributed by atoms with Gasteiger partial charge >= 0.3 is 0 Å². The molecule has 0 rings (SSSR count). The summed E-state index contributed by atoms with van der Waals surface area (Å²) in [6.07, 6.45) is 22.7. The van der Waals surface area contributed by atoms with Crippen LogP contribution in [0, 0.1) is 0 Å². The number of hydrogen-bond donors (Lipinski definition) is 2. The van der Waals surface area contributed by atoms with Gasteiger partial charge in [-0.3, -0.25) is 4.55 Å². The molecule has 5 heteroatoms. The van der Waals surface area contributed by atoms with Crippen LogP contribution in [-0.2, 0) is 10.1 Å². The maximum absolute atomic E-state index is 11.2. The van der Waals surface area contributed by atoms with Crippen LogP contribution < -0.4 is 0 Å². The fraction of sp³-hybridized carbons (Fsp3) is 1.00. The first-order chi connectivity index (χ1) is 13.9. The molecule has 0 aliphatic carbocycles. The minimum absolute atomic E-state index is 0.337. The van der Waals surface area contributed by atoms with E-state index < -0.39 is 15.4 Å². The van der Waals surface area contributed by atoms with Gasteiger partial charge in [0.05, 0.1) is 11.4 Å². The van der Waals surface area contributed by atoms with Crippen molar-refractivity contribution in [2.45, 2.75) is 154 Å². The molecule has 4 nitrogen and oxygen atoms in total. The molecule has 0 saturated carbocycles. The van der Waals surface area contributed by atoms with E-state index >= 15 is 0 Å². The Kier molecular flexibility index (Phi) is 19.7. The molecular formula is C24H50O4S. The molecule has 0 aromatic carbocycles. The number of aliphatic hydroxyl groups excluding tert-OH is 1. The fourth-order valence-corrected chi connectivity index (χ4v) is 4.93. The molecule has 2 atom stereocenters. The maximum atomic E-state index is 11.2. The molecule has 0 aliphatic rings. The van der Waals surface area contributed by atoms with Gasteiger partial charge < -0.3 is 5.11 Å². The highest BCUT2D eigenvalue weighted by Gasteiger charge is 2.20. The Morgan fingerprint density at radius 1 is 0.586 bits per heavy atom. The van der Waals surface area contributed by atoms with Crippen molar-refractivity contribution >= 4 is 10.1 Å². The number of unbranched alkanes of at least 4 members (excludes halogenated alkanes) is 14. The monoisotopic (exact) mass is 434 g/mol. The zero-order valence-corrected chi connectivity index (χ0v) is 20.2. The Morgan fingerprint density at radius 2 is 0.966 bits per heavy atom. The summed E-state index contributed by atoms with van der Waals surface area (Å²) in [5.41, 5.74) is 0. The minimum Gasteiger partial charge on any atom is -0.393 e. The van der Waals surface area contributed by atoms with Gasteiger partial charge in [-0.15, -0.1) is 0 Å². The number of aliphatic hydroxyl groups is 1. The Balaban J connectivity index is 3.33. The molecule has 0 aromatic heterocycles. The third-order valence-corrected chi connectivity index (χ3v) is 7.49. The molecule has 0 spiro atoms. The highest BCUT2D eigenvalue weighted by Crippen LogP contribution is 2.17. The molecule has 0 aliphatic heterocycles. The highest BCUT2D eigenvalue weighted by molar-refractivity contribution is 7.86. The largest absolute Gasteiger partial charge is 0.393 e. The Hall–Kier alpha value is -0.130. The third-order valence-electron chi connectivity index (χ3n) is 6.08. The van der Waals surface area contributed by atoms with Crippen LogP contribution in [0.5, 0.6) is 0 Å². The first-order valence-electron chi connectivity index (χ1n) is 12.6. The first-order valence-corrected chi connectivity index (χ1v) is 14.1. The van der Waals surface area contributed by atoms with Crippen LogP contribution in [0.25, 0.3) is 0 Å². The van der Waals surface area contributed by atoms with Gasteiger partial charge in [0.15, 0.2) is 0 Å². The van der Waals surface area contributed by atoms with Crippen LogP contribution in [0.3, 0.4) is 0 Å². The summed E-state index contributed by atoms with van der Waals surface area (Å²) in [5.74, 6) is 0. The van der Waals surface area contributed by atoms with Crippen LogP contribution in [0.2, 0.25) is 0 Å². The predicted octanol–water partition coefficient (Wildman–Crippen LogP) is 7.45. The van der Waals surface area contributed by atoms with Crippen LogP contribution in [0.4, 0.5) is 0 Å². The van der Waals surface area contributed by atoms with Crippen LogP contribution in [0.1, 0.15) is 142 Å². The van der Waals surface area contributed by atoms with E-state index in [1.54, 1.807) is 6.92 Å². The summed E-state index contributed by atoms with van der Waals surface area (Å²) in [6.45, 7) is 4.04. The Bertz CT molecular complexity index is 436. The van der Waals surface area contributed by atoms with Crippen molar-refractivity contribution in [3.05, 3.63) is 0 Å². The van der Waals surface area contributed by atoms with Gasteiger partial charge in [-0.1, -0.05) is 110 Å². The zero-order chi connectivity index (χ0) is 21.8. The predicted molar refractivity (Wildman–Crippen MR) is 125 cm³/mol. The second-order valence-electron chi connectivity index (χ2n) is 8.87. The van der Waals surface area contributed by atoms with Crippen molar-refractivity contribution < 1.29 is 18.1 Å². The van der Waals surface area contributed by atoms with Crippen molar-refractivity contribution in [3.8, 4) is 0 Å². The molecule has 0 heterocycles. The normalized spacial score (nSPS) is 14.2. The van der Waals surface area contributed by atoms with Gasteiger partial charge in [0.1, 0.15) is 0 Å². The van der Waals surface area contributed by atoms with E-state index in [0.29, 0.717) is 25.7 Å². The molecule has 0 radical (unpaired) electrons. The van der Waals surface area contributed by atoms with Crippen molar-refractivity contribution in [1.82, 2.24) is 0 Å². The van der Waals surface area contributed by atoms with Crippen molar-refractivity contribution in [3.63, 3.8) is 0 Å².